The van der Waals surface area contributed by atoms with E-state index in [0.717, 1.165) is 16.3 Å². The van der Waals surface area contributed by atoms with Crippen LogP contribution in [0.4, 0.5) is 5.69 Å². The molecule has 0 aromatic heterocycles. The minimum Gasteiger partial charge on any atom is -0.354 e. The molecule has 0 aliphatic carbocycles. The summed E-state index contributed by atoms with van der Waals surface area (Å²) < 4.78 is 28.6. The van der Waals surface area contributed by atoms with Gasteiger partial charge in [-0.2, -0.15) is 0 Å². The summed E-state index contributed by atoms with van der Waals surface area (Å²) in [4.78, 5) is 28.5. The first-order valence-electron chi connectivity index (χ1n) is 12.8. The fourth-order valence-electron chi connectivity index (χ4n) is 4.18. The SMILES string of the molecule is CCCNC(=O)[C@H](CC)N(CCc1ccccc1)C(=O)CN(c1ccc(Cl)cc1Cl)S(=O)(=O)c1ccccc1. The third kappa shape index (κ3) is 7.97. The lowest BCUT2D eigenvalue weighted by Crippen LogP contribution is -2.53. The van der Waals surface area contributed by atoms with Crippen molar-refractivity contribution in [2.24, 2.45) is 0 Å². The van der Waals surface area contributed by atoms with E-state index in [-0.39, 0.29) is 28.1 Å². The number of nitrogens with zero attached hydrogens (tertiary/aromatic N) is 2. The number of sulfonamides is 1. The minimum atomic E-state index is -4.19. The van der Waals surface area contributed by atoms with Crippen LogP contribution in [0.5, 0.6) is 0 Å². The summed E-state index contributed by atoms with van der Waals surface area (Å²) in [6, 6.07) is 21.1. The molecule has 0 heterocycles. The van der Waals surface area contributed by atoms with Crippen LogP contribution in [0.15, 0.2) is 83.8 Å². The molecule has 1 atom stereocenters. The van der Waals surface area contributed by atoms with Gasteiger partial charge in [0.2, 0.25) is 11.8 Å². The third-order valence-electron chi connectivity index (χ3n) is 6.21. The van der Waals surface area contributed by atoms with Crippen molar-refractivity contribution in [3.05, 3.63) is 94.5 Å². The zero-order valence-electron chi connectivity index (χ0n) is 22.0. The Labute approximate surface area is 240 Å². The van der Waals surface area contributed by atoms with Crippen LogP contribution in [0.2, 0.25) is 10.0 Å². The van der Waals surface area contributed by atoms with Crippen LogP contribution in [0.25, 0.3) is 0 Å². The monoisotopic (exact) mass is 589 g/mol. The molecular formula is C29H33Cl2N3O4S. The Morgan fingerprint density at radius 1 is 0.923 bits per heavy atom. The molecule has 3 rings (SSSR count). The summed E-state index contributed by atoms with van der Waals surface area (Å²) in [7, 11) is -4.19. The van der Waals surface area contributed by atoms with Crippen LogP contribution < -0.4 is 9.62 Å². The Kier molecular flexibility index (Phi) is 11.2. The molecule has 3 aromatic carbocycles. The number of anilines is 1. The van der Waals surface area contributed by atoms with E-state index in [4.69, 9.17) is 23.2 Å². The molecule has 3 aromatic rings. The van der Waals surface area contributed by atoms with Crippen LogP contribution in [-0.2, 0) is 26.0 Å². The first-order chi connectivity index (χ1) is 18.7. The number of rotatable bonds is 13. The van der Waals surface area contributed by atoms with Crippen molar-refractivity contribution in [1.82, 2.24) is 10.2 Å². The molecular weight excluding hydrogens is 557 g/mol. The zero-order chi connectivity index (χ0) is 28.4. The molecule has 208 valence electrons. The Morgan fingerprint density at radius 3 is 2.15 bits per heavy atom. The van der Waals surface area contributed by atoms with Gasteiger partial charge in [-0.05, 0) is 55.2 Å². The maximum absolute atomic E-state index is 14.0. The van der Waals surface area contributed by atoms with E-state index in [1.54, 1.807) is 18.2 Å². The number of carbonyl (C=O) groups is 2. The van der Waals surface area contributed by atoms with Gasteiger partial charge in [-0.1, -0.05) is 85.6 Å². The number of hydrogen-bond donors (Lipinski definition) is 1. The topological polar surface area (TPSA) is 86.8 Å². The second-order valence-electron chi connectivity index (χ2n) is 8.96. The van der Waals surface area contributed by atoms with Crippen molar-refractivity contribution in [2.45, 2.75) is 44.0 Å². The van der Waals surface area contributed by atoms with Gasteiger partial charge in [-0.3, -0.25) is 13.9 Å². The molecule has 0 saturated heterocycles. The molecule has 0 bridgehead atoms. The number of carbonyl (C=O) groups excluding carboxylic acids is 2. The molecule has 0 fully saturated rings. The molecule has 0 unspecified atom stereocenters. The van der Waals surface area contributed by atoms with Gasteiger partial charge >= 0.3 is 0 Å². The maximum atomic E-state index is 14.0. The van der Waals surface area contributed by atoms with Crippen LogP contribution in [-0.4, -0.2) is 50.8 Å². The normalized spacial score (nSPS) is 12.0. The van der Waals surface area contributed by atoms with Crippen molar-refractivity contribution >= 4 is 50.7 Å². The molecule has 0 aliphatic heterocycles. The zero-order valence-corrected chi connectivity index (χ0v) is 24.3. The largest absolute Gasteiger partial charge is 0.354 e. The lowest BCUT2D eigenvalue weighted by molar-refractivity contribution is -0.139. The average molecular weight is 591 g/mol. The van der Waals surface area contributed by atoms with Crippen LogP contribution in [0, 0.1) is 0 Å². The molecule has 0 spiro atoms. The molecule has 0 radical (unpaired) electrons. The summed E-state index contributed by atoms with van der Waals surface area (Å²) in [5.74, 6) is -0.794. The standard InChI is InChI=1S/C29H33Cl2N3O4S/c1-3-18-32-29(36)26(4-2)33(19-17-22-11-7-5-8-12-22)28(35)21-34(27-16-15-23(30)20-25(27)31)39(37,38)24-13-9-6-10-14-24/h5-16,20,26H,3-4,17-19,21H2,1-2H3,(H,32,36)/t26-/m0/s1. The van der Waals surface area contributed by atoms with Crippen LogP contribution in [0.3, 0.4) is 0 Å². The lowest BCUT2D eigenvalue weighted by atomic mass is 10.1. The van der Waals surface area contributed by atoms with Gasteiger partial charge in [0.05, 0.1) is 15.6 Å². The van der Waals surface area contributed by atoms with E-state index in [1.165, 1.54) is 35.2 Å². The van der Waals surface area contributed by atoms with Gasteiger partial charge in [0, 0.05) is 18.1 Å². The summed E-state index contributed by atoms with van der Waals surface area (Å²) >= 11 is 12.5. The van der Waals surface area contributed by atoms with Crippen molar-refractivity contribution < 1.29 is 18.0 Å². The Hall–Kier alpha value is -3.07. The fourth-order valence-corrected chi connectivity index (χ4v) is 6.19. The summed E-state index contributed by atoms with van der Waals surface area (Å²) in [5, 5.41) is 3.28. The highest BCUT2D eigenvalue weighted by Gasteiger charge is 2.34. The van der Waals surface area contributed by atoms with E-state index in [0.29, 0.717) is 24.4 Å². The highest BCUT2D eigenvalue weighted by molar-refractivity contribution is 7.92. The van der Waals surface area contributed by atoms with Gasteiger partial charge < -0.3 is 10.2 Å². The van der Waals surface area contributed by atoms with Crippen molar-refractivity contribution in [2.75, 3.05) is 23.9 Å². The lowest BCUT2D eigenvalue weighted by Gasteiger charge is -2.33. The van der Waals surface area contributed by atoms with E-state index in [1.807, 2.05) is 44.2 Å². The van der Waals surface area contributed by atoms with Gasteiger partial charge in [-0.15, -0.1) is 0 Å². The number of hydrogen-bond acceptors (Lipinski definition) is 4. The molecule has 1 N–H and O–H groups in total. The smallest absolute Gasteiger partial charge is 0.264 e. The number of nitrogens with one attached hydrogen (secondary N) is 1. The predicted molar refractivity (Wildman–Crippen MR) is 157 cm³/mol. The second kappa shape index (κ2) is 14.4. The molecule has 0 saturated carbocycles. The van der Waals surface area contributed by atoms with Gasteiger partial charge in [0.15, 0.2) is 0 Å². The van der Waals surface area contributed by atoms with E-state index >= 15 is 0 Å². The van der Waals surface area contributed by atoms with E-state index in [9.17, 15) is 18.0 Å². The quantitative estimate of drug-likeness (QED) is 0.282. The Balaban J connectivity index is 2.02. The molecule has 7 nitrogen and oxygen atoms in total. The van der Waals surface area contributed by atoms with Crippen LogP contribution >= 0.6 is 23.2 Å². The van der Waals surface area contributed by atoms with Crippen molar-refractivity contribution in [1.29, 1.82) is 0 Å². The Morgan fingerprint density at radius 2 is 1.56 bits per heavy atom. The second-order valence-corrected chi connectivity index (χ2v) is 11.7. The molecule has 10 heteroatoms. The Bertz CT molecular complexity index is 1360. The van der Waals surface area contributed by atoms with E-state index < -0.39 is 28.5 Å². The maximum Gasteiger partial charge on any atom is 0.264 e. The molecule has 39 heavy (non-hydrogen) atoms. The highest BCUT2D eigenvalue weighted by Crippen LogP contribution is 2.33. The molecule has 0 aliphatic rings. The predicted octanol–water partition coefficient (Wildman–Crippen LogP) is 5.56. The summed E-state index contributed by atoms with van der Waals surface area (Å²) in [5.41, 5.74) is 1.11. The first kappa shape index (κ1) is 30.5. The van der Waals surface area contributed by atoms with Crippen molar-refractivity contribution in [3.8, 4) is 0 Å². The number of halogens is 2. The van der Waals surface area contributed by atoms with E-state index in [2.05, 4.69) is 5.32 Å². The number of amides is 2. The van der Waals surface area contributed by atoms with Gasteiger partial charge in [-0.25, -0.2) is 8.42 Å². The highest BCUT2D eigenvalue weighted by atomic mass is 35.5. The fraction of sp³-hybridized carbons (Fsp3) is 0.310. The van der Waals surface area contributed by atoms with Gasteiger partial charge in [0.25, 0.3) is 10.0 Å². The number of benzene rings is 3. The van der Waals surface area contributed by atoms with Crippen molar-refractivity contribution in [3.63, 3.8) is 0 Å². The minimum absolute atomic E-state index is 0.00684. The summed E-state index contributed by atoms with van der Waals surface area (Å²) in [6.07, 6.45) is 1.61. The average Bonchev–Trinajstić information content (AvgIpc) is 2.94. The molecule has 2 amide bonds. The summed E-state index contributed by atoms with van der Waals surface area (Å²) in [6.45, 7) is 3.93. The van der Waals surface area contributed by atoms with Crippen LogP contribution in [0.1, 0.15) is 32.3 Å². The third-order valence-corrected chi connectivity index (χ3v) is 8.52. The van der Waals surface area contributed by atoms with Gasteiger partial charge in [0.1, 0.15) is 12.6 Å². The first-order valence-corrected chi connectivity index (χ1v) is 15.0.